The quantitative estimate of drug-likeness (QED) is 0.804. The lowest BCUT2D eigenvalue weighted by atomic mass is 9.72. The van der Waals surface area contributed by atoms with Crippen molar-refractivity contribution < 1.29 is 5.11 Å². The molecular formula is C17H30ClN3O. The van der Waals surface area contributed by atoms with E-state index in [4.69, 9.17) is 11.6 Å². The van der Waals surface area contributed by atoms with Crippen molar-refractivity contribution in [2.45, 2.75) is 64.8 Å². The Bertz CT molecular complexity index is 473. The lowest BCUT2D eigenvalue weighted by Gasteiger charge is -2.37. The molecule has 0 aromatic carbocycles. The molecule has 1 aliphatic rings. The maximum atomic E-state index is 9.40. The van der Waals surface area contributed by atoms with Gasteiger partial charge in [0.05, 0.1) is 5.69 Å². The summed E-state index contributed by atoms with van der Waals surface area (Å²) in [4.78, 5) is 0. The third-order valence-corrected chi connectivity index (χ3v) is 5.48. The van der Waals surface area contributed by atoms with Crippen LogP contribution in [-0.2, 0) is 13.6 Å². The number of nitrogens with zero attached hydrogens (tertiary/aromatic N) is 2. The van der Waals surface area contributed by atoms with Crippen LogP contribution in [0.3, 0.4) is 0 Å². The summed E-state index contributed by atoms with van der Waals surface area (Å²) < 4.78 is 1.76. The lowest BCUT2D eigenvalue weighted by Crippen LogP contribution is -2.36. The van der Waals surface area contributed by atoms with E-state index in [2.05, 4.69) is 24.3 Å². The fourth-order valence-electron chi connectivity index (χ4n) is 3.70. The molecular weight excluding hydrogens is 298 g/mol. The van der Waals surface area contributed by atoms with Gasteiger partial charge in [-0.1, -0.05) is 44.7 Å². The summed E-state index contributed by atoms with van der Waals surface area (Å²) in [5, 5.41) is 18.3. The number of aliphatic hydroxyl groups is 1. The average molecular weight is 328 g/mol. The number of nitrogens with one attached hydrogen (secondary N) is 1. The molecule has 1 aromatic heterocycles. The Morgan fingerprint density at radius 2 is 2.00 bits per heavy atom. The number of hydrogen-bond donors (Lipinski definition) is 2. The maximum absolute atomic E-state index is 9.40. The first-order chi connectivity index (χ1) is 10.5. The molecule has 0 bridgehead atoms. The van der Waals surface area contributed by atoms with Gasteiger partial charge in [0, 0.05) is 32.3 Å². The van der Waals surface area contributed by atoms with Crippen LogP contribution in [0.5, 0.6) is 0 Å². The molecule has 5 heteroatoms. The summed E-state index contributed by atoms with van der Waals surface area (Å²) >= 11 is 6.40. The third-order valence-electron chi connectivity index (χ3n) is 5.01. The highest BCUT2D eigenvalue weighted by molar-refractivity contribution is 6.30. The SMILES string of the molecule is CC(C)c1nn(C)c(Cl)c1CNCC1(CCO)CCCCC1. The Labute approximate surface area is 139 Å². The molecule has 22 heavy (non-hydrogen) atoms. The van der Waals surface area contributed by atoms with Gasteiger partial charge < -0.3 is 10.4 Å². The van der Waals surface area contributed by atoms with Crippen LogP contribution >= 0.6 is 11.6 Å². The van der Waals surface area contributed by atoms with E-state index in [1.807, 2.05) is 7.05 Å². The monoisotopic (exact) mass is 327 g/mol. The second kappa shape index (κ2) is 7.80. The minimum Gasteiger partial charge on any atom is -0.396 e. The van der Waals surface area contributed by atoms with Crippen LogP contribution in [-0.4, -0.2) is 28.0 Å². The Kier molecular flexibility index (Phi) is 6.30. The topological polar surface area (TPSA) is 50.1 Å². The molecule has 0 saturated heterocycles. The van der Waals surface area contributed by atoms with Crippen LogP contribution in [0.25, 0.3) is 0 Å². The predicted molar refractivity (Wildman–Crippen MR) is 91.2 cm³/mol. The summed E-state index contributed by atoms with van der Waals surface area (Å²) in [6.07, 6.45) is 7.24. The van der Waals surface area contributed by atoms with Gasteiger partial charge in [-0.3, -0.25) is 4.68 Å². The van der Waals surface area contributed by atoms with E-state index in [9.17, 15) is 5.11 Å². The molecule has 1 aliphatic carbocycles. The Morgan fingerprint density at radius 3 is 2.59 bits per heavy atom. The molecule has 2 rings (SSSR count). The number of hydrogen-bond acceptors (Lipinski definition) is 3. The van der Waals surface area contributed by atoms with Gasteiger partial charge >= 0.3 is 0 Å². The molecule has 0 amide bonds. The van der Waals surface area contributed by atoms with E-state index in [0.29, 0.717) is 5.92 Å². The van der Waals surface area contributed by atoms with Crippen molar-refractivity contribution in [1.82, 2.24) is 15.1 Å². The number of aliphatic hydroxyl groups excluding tert-OH is 1. The van der Waals surface area contributed by atoms with Gasteiger partial charge in [0.2, 0.25) is 0 Å². The van der Waals surface area contributed by atoms with Gasteiger partial charge in [0.1, 0.15) is 5.15 Å². The van der Waals surface area contributed by atoms with Crippen LogP contribution in [0.2, 0.25) is 5.15 Å². The maximum Gasteiger partial charge on any atom is 0.131 e. The molecule has 1 aromatic rings. The van der Waals surface area contributed by atoms with E-state index >= 15 is 0 Å². The molecule has 0 spiro atoms. The molecule has 0 aliphatic heterocycles. The Hall–Kier alpha value is -0.580. The van der Waals surface area contributed by atoms with Gasteiger partial charge in [0.25, 0.3) is 0 Å². The number of aryl methyl sites for hydroxylation is 1. The zero-order valence-corrected chi connectivity index (χ0v) is 14.9. The highest BCUT2D eigenvalue weighted by Gasteiger charge is 2.31. The smallest absolute Gasteiger partial charge is 0.131 e. The first kappa shape index (κ1) is 17.8. The van der Waals surface area contributed by atoms with Crippen molar-refractivity contribution in [1.29, 1.82) is 0 Å². The van der Waals surface area contributed by atoms with Crippen LogP contribution in [0.1, 0.15) is 69.5 Å². The Morgan fingerprint density at radius 1 is 1.32 bits per heavy atom. The van der Waals surface area contributed by atoms with Crippen LogP contribution in [0.15, 0.2) is 0 Å². The predicted octanol–water partition coefficient (Wildman–Crippen LogP) is 3.62. The molecule has 2 N–H and O–H groups in total. The van der Waals surface area contributed by atoms with Crippen molar-refractivity contribution in [3.8, 4) is 0 Å². The normalized spacial score (nSPS) is 18.1. The zero-order valence-electron chi connectivity index (χ0n) is 14.2. The fourth-order valence-corrected chi connectivity index (χ4v) is 3.90. The van der Waals surface area contributed by atoms with E-state index in [0.717, 1.165) is 35.9 Å². The van der Waals surface area contributed by atoms with E-state index in [1.54, 1.807) is 4.68 Å². The molecule has 0 radical (unpaired) electrons. The molecule has 1 fully saturated rings. The summed E-state index contributed by atoms with van der Waals surface area (Å²) in [5.74, 6) is 0.372. The third kappa shape index (κ3) is 4.03. The summed E-state index contributed by atoms with van der Waals surface area (Å²) in [7, 11) is 1.89. The van der Waals surface area contributed by atoms with Crippen molar-refractivity contribution in [2.75, 3.05) is 13.2 Å². The van der Waals surface area contributed by atoms with Crippen molar-refractivity contribution in [2.24, 2.45) is 12.5 Å². The van der Waals surface area contributed by atoms with Crippen LogP contribution in [0, 0.1) is 5.41 Å². The minimum absolute atomic E-state index is 0.264. The summed E-state index contributed by atoms with van der Waals surface area (Å²) in [5.41, 5.74) is 2.47. The second-order valence-corrected chi connectivity index (χ2v) is 7.43. The molecule has 126 valence electrons. The number of halogens is 1. The van der Waals surface area contributed by atoms with E-state index in [1.165, 1.54) is 32.1 Å². The highest BCUT2D eigenvalue weighted by Crippen LogP contribution is 2.38. The van der Waals surface area contributed by atoms with Crippen molar-refractivity contribution >= 4 is 11.6 Å². The number of rotatable bonds is 7. The van der Waals surface area contributed by atoms with Gasteiger partial charge in [0.15, 0.2) is 0 Å². The van der Waals surface area contributed by atoms with Gasteiger partial charge in [-0.15, -0.1) is 0 Å². The van der Waals surface area contributed by atoms with Crippen molar-refractivity contribution in [3.63, 3.8) is 0 Å². The number of aromatic nitrogens is 2. The second-order valence-electron chi connectivity index (χ2n) is 7.07. The van der Waals surface area contributed by atoms with Crippen LogP contribution in [0.4, 0.5) is 0 Å². The highest BCUT2D eigenvalue weighted by atomic mass is 35.5. The first-order valence-corrected chi connectivity index (χ1v) is 8.90. The van der Waals surface area contributed by atoms with Gasteiger partial charge in [-0.2, -0.15) is 5.10 Å². The summed E-state index contributed by atoms with van der Waals surface area (Å²) in [6, 6.07) is 0. The largest absolute Gasteiger partial charge is 0.396 e. The summed E-state index contributed by atoms with van der Waals surface area (Å²) in [6.45, 7) is 6.29. The van der Waals surface area contributed by atoms with Gasteiger partial charge in [-0.25, -0.2) is 0 Å². The van der Waals surface area contributed by atoms with Crippen LogP contribution < -0.4 is 5.32 Å². The lowest BCUT2D eigenvalue weighted by molar-refractivity contribution is 0.126. The molecule has 1 heterocycles. The standard InChI is InChI=1S/C17H30ClN3O/c1-13(2)15-14(16(18)21(3)20-15)11-19-12-17(9-10-22)7-5-4-6-8-17/h13,19,22H,4-12H2,1-3H3. The molecule has 0 atom stereocenters. The molecule has 4 nitrogen and oxygen atoms in total. The molecule has 0 unspecified atom stereocenters. The van der Waals surface area contributed by atoms with Crippen molar-refractivity contribution in [3.05, 3.63) is 16.4 Å². The Balaban J connectivity index is 2.00. The zero-order chi connectivity index (χ0) is 16.2. The minimum atomic E-state index is 0.264. The average Bonchev–Trinajstić information content (AvgIpc) is 2.77. The van der Waals surface area contributed by atoms with Gasteiger partial charge in [-0.05, 0) is 30.6 Å². The van der Waals surface area contributed by atoms with E-state index in [-0.39, 0.29) is 12.0 Å². The first-order valence-electron chi connectivity index (χ1n) is 8.52. The fraction of sp³-hybridized carbons (Fsp3) is 0.824. The van der Waals surface area contributed by atoms with E-state index < -0.39 is 0 Å². The molecule has 1 saturated carbocycles.